The van der Waals surface area contributed by atoms with Gasteiger partial charge in [0.05, 0.1) is 17.7 Å². The summed E-state index contributed by atoms with van der Waals surface area (Å²) in [5.41, 5.74) is 2.27. The summed E-state index contributed by atoms with van der Waals surface area (Å²) in [7, 11) is 1.31. The van der Waals surface area contributed by atoms with Crippen LogP contribution in [0.25, 0.3) is 0 Å². The van der Waals surface area contributed by atoms with Crippen LogP contribution in [-0.4, -0.2) is 18.1 Å². The van der Waals surface area contributed by atoms with Gasteiger partial charge >= 0.3 is 0 Å². The predicted octanol–water partition coefficient (Wildman–Crippen LogP) is 1.34. The quantitative estimate of drug-likeness (QED) is 0.710. The molecule has 1 amide bonds. The average molecular weight is 202 g/mol. The van der Waals surface area contributed by atoms with E-state index in [2.05, 4.69) is 10.3 Å². The van der Waals surface area contributed by atoms with E-state index in [4.69, 9.17) is 16.7 Å². The SMILES string of the molecule is CONC(=O)c1cc(O)ccc1Cl. The van der Waals surface area contributed by atoms with Crippen LogP contribution < -0.4 is 5.48 Å². The summed E-state index contributed by atoms with van der Waals surface area (Å²) in [6, 6.07) is 4.09. The van der Waals surface area contributed by atoms with Gasteiger partial charge in [-0.2, -0.15) is 0 Å². The molecule has 0 saturated heterocycles. The third kappa shape index (κ3) is 2.34. The second kappa shape index (κ2) is 4.11. The molecule has 2 N–H and O–H groups in total. The van der Waals surface area contributed by atoms with E-state index in [1.807, 2.05) is 0 Å². The van der Waals surface area contributed by atoms with Crippen LogP contribution in [0.5, 0.6) is 5.75 Å². The van der Waals surface area contributed by atoms with Gasteiger partial charge in [0, 0.05) is 0 Å². The number of amides is 1. The Labute approximate surface area is 80.0 Å². The summed E-state index contributed by atoms with van der Waals surface area (Å²) in [6.45, 7) is 0. The van der Waals surface area contributed by atoms with Gasteiger partial charge in [0.1, 0.15) is 5.75 Å². The first-order chi connectivity index (χ1) is 6.15. The molecule has 0 atom stereocenters. The van der Waals surface area contributed by atoms with Crippen molar-refractivity contribution < 1.29 is 14.7 Å². The fraction of sp³-hybridized carbons (Fsp3) is 0.125. The van der Waals surface area contributed by atoms with Crippen LogP contribution in [0.15, 0.2) is 18.2 Å². The topological polar surface area (TPSA) is 58.6 Å². The molecule has 0 spiro atoms. The van der Waals surface area contributed by atoms with Gasteiger partial charge in [-0.3, -0.25) is 9.63 Å². The Bertz CT molecular complexity index is 327. The van der Waals surface area contributed by atoms with Gasteiger partial charge in [0.2, 0.25) is 0 Å². The normalized spacial score (nSPS) is 9.69. The molecule has 0 unspecified atom stereocenters. The van der Waals surface area contributed by atoms with Crippen LogP contribution in [0.4, 0.5) is 0 Å². The Morgan fingerprint density at radius 3 is 2.92 bits per heavy atom. The molecule has 70 valence electrons. The van der Waals surface area contributed by atoms with Gasteiger partial charge in [-0.25, -0.2) is 5.48 Å². The van der Waals surface area contributed by atoms with Crippen LogP contribution in [-0.2, 0) is 4.84 Å². The van der Waals surface area contributed by atoms with E-state index in [1.54, 1.807) is 0 Å². The lowest BCUT2D eigenvalue weighted by atomic mass is 10.2. The lowest BCUT2D eigenvalue weighted by Crippen LogP contribution is -2.21. The van der Waals surface area contributed by atoms with Crippen molar-refractivity contribution in [3.63, 3.8) is 0 Å². The number of phenolic OH excluding ortho intramolecular Hbond substituents is 1. The number of hydroxylamine groups is 1. The van der Waals surface area contributed by atoms with Gasteiger partial charge in [-0.15, -0.1) is 0 Å². The number of halogens is 1. The Morgan fingerprint density at radius 2 is 2.31 bits per heavy atom. The maximum Gasteiger partial charge on any atom is 0.276 e. The first-order valence-corrected chi connectivity index (χ1v) is 3.85. The molecule has 0 aliphatic rings. The van der Waals surface area contributed by atoms with E-state index in [9.17, 15) is 4.79 Å². The van der Waals surface area contributed by atoms with Crippen molar-refractivity contribution in [2.24, 2.45) is 0 Å². The molecule has 0 heterocycles. The number of hydrogen-bond donors (Lipinski definition) is 2. The van der Waals surface area contributed by atoms with Crippen molar-refractivity contribution in [2.75, 3.05) is 7.11 Å². The third-order valence-electron chi connectivity index (χ3n) is 1.39. The van der Waals surface area contributed by atoms with Crippen molar-refractivity contribution in [1.29, 1.82) is 0 Å². The Morgan fingerprint density at radius 1 is 1.62 bits per heavy atom. The second-order valence-corrected chi connectivity index (χ2v) is 2.71. The number of benzene rings is 1. The molecular weight excluding hydrogens is 194 g/mol. The second-order valence-electron chi connectivity index (χ2n) is 2.30. The molecule has 1 rings (SSSR count). The number of carbonyl (C=O) groups excluding carboxylic acids is 1. The zero-order valence-corrected chi connectivity index (χ0v) is 7.63. The van der Waals surface area contributed by atoms with Crippen molar-refractivity contribution in [2.45, 2.75) is 0 Å². The van der Waals surface area contributed by atoms with Crippen LogP contribution in [0, 0.1) is 0 Å². The molecule has 4 nitrogen and oxygen atoms in total. The first kappa shape index (κ1) is 9.83. The number of nitrogens with one attached hydrogen (secondary N) is 1. The molecule has 0 radical (unpaired) electrons. The molecule has 0 aliphatic carbocycles. The molecule has 0 fully saturated rings. The zero-order valence-electron chi connectivity index (χ0n) is 6.87. The summed E-state index contributed by atoms with van der Waals surface area (Å²) in [6.07, 6.45) is 0. The highest BCUT2D eigenvalue weighted by Crippen LogP contribution is 2.20. The van der Waals surface area contributed by atoms with Crippen molar-refractivity contribution in [3.8, 4) is 5.75 Å². The summed E-state index contributed by atoms with van der Waals surface area (Å²) in [5, 5.41) is 9.33. The van der Waals surface area contributed by atoms with Crippen LogP contribution in [0.3, 0.4) is 0 Å². The van der Waals surface area contributed by atoms with Crippen molar-refractivity contribution >= 4 is 17.5 Å². The summed E-state index contributed by atoms with van der Waals surface area (Å²) in [5.74, 6) is -0.519. The smallest absolute Gasteiger partial charge is 0.276 e. The Hall–Kier alpha value is -1.26. The fourth-order valence-corrected chi connectivity index (χ4v) is 1.04. The minimum atomic E-state index is -0.497. The third-order valence-corrected chi connectivity index (χ3v) is 1.72. The van der Waals surface area contributed by atoms with Crippen LogP contribution in [0.2, 0.25) is 5.02 Å². The number of hydrogen-bond acceptors (Lipinski definition) is 3. The molecule has 0 aromatic heterocycles. The van der Waals surface area contributed by atoms with Gasteiger partial charge in [-0.1, -0.05) is 11.6 Å². The minimum Gasteiger partial charge on any atom is -0.508 e. The highest BCUT2D eigenvalue weighted by Gasteiger charge is 2.10. The average Bonchev–Trinajstić information content (AvgIpc) is 2.09. The summed E-state index contributed by atoms with van der Waals surface area (Å²) < 4.78 is 0. The van der Waals surface area contributed by atoms with E-state index in [0.717, 1.165) is 0 Å². The predicted molar refractivity (Wildman–Crippen MR) is 47.6 cm³/mol. The van der Waals surface area contributed by atoms with E-state index in [1.165, 1.54) is 25.3 Å². The monoisotopic (exact) mass is 201 g/mol. The Balaban J connectivity index is 2.99. The highest BCUT2D eigenvalue weighted by molar-refractivity contribution is 6.33. The fourth-order valence-electron chi connectivity index (χ4n) is 0.835. The molecule has 13 heavy (non-hydrogen) atoms. The maximum atomic E-state index is 11.2. The van der Waals surface area contributed by atoms with Crippen molar-refractivity contribution in [3.05, 3.63) is 28.8 Å². The number of phenols is 1. The van der Waals surface area contributed by atoms with Gasteiger partial charge in [0.25, 0.3) is 5.91 Å². The van der Waals surface area contributed by atoms with Gasteiger partial charge < -0.3 is 5.11 Å². The molecule has 0 aliphatic heterocycles. The van der Waals surface area contributed by atoms with Gasteiger partial charge in [0.15, 0.2) is 0 Å². The van der Waals surface area contributed by atoms with Crippen LogP contribution in [0.1, 0.15) is 10.4 Å². The molecule has 0 bridgehead atoms. The van der Waals surface area contributed by atoms with E-state index >= 15 is 0 Å². The lowest BCUT2D eigenvalue weighted by Gasteiger charge is -2.04. The minimum absolute atomic E-state index is 0.0225. The van der Waals surface area contributed by atoms with E-state index < -0.39 is 5.91 Å². The maximum absolute atomic E-state index is 11.2. The number of aromatic hydroxyl groups is 1. The molecule has 1 aromatic rings. The summed E-state index contributed by atoms with van der Waals surface area (Å²) in [4.78, 5) is 15.6. The molecule has 1 aromatic carbocycles. The van der Waals surface area contributed by atoms with Crippen LogP contribution >= 0.6 is 11.6 Å². The zero-order chi connectivity index (χ0) is 9.84. The number of carbonyl (C=O) groups is 1. The standard InChI is InChI=1S/C8H8ClNO3/c1-13-10-8(12)6-4-5(11)2-3-7(6)9/h2-4,11H,1H3,(H,10,12). The number of rotatable bonds is 2. The van der Waals surface area contributed by atoms with E-state index in [0.29, 0.717) is 0 Å². The Kier molecular flexibility index (Phi) is 3.11. The molecule has 0 saturated carbocycles. The molecular formula is C8H8ClNO3. The largest absolute Gasteiger partial charge is 0.508 e. The summed E-state index contributed by atoms with van der Waals surface area (Å²) >= 11 is 5.70. The first-order valence-electron chi connectivity index (χ1n) is 3.47. The van der Waals surface area contributed by atoms with Crippen molar-refractivity contribution in [1.82, 2.24) is 5.48 Å². The van der Waals surface area contributed by atoms with E-state index in [-0.39, 0.29) is 16.3 Å². The lowest BCUT2D eigenvalue weighted by molar-refractivity contribution is 0.0537. The molecule has 5 heteroatoms. The van der Waals surface area contributed by atoms with Gasteiger partial charge in [-0.05, 0) is 18.2 Å². The highest BCUT2D eigenvalue weighted by atomic mass is 35.5.